The summed E-state index contributed by atoms with van der Waals surface area (Å²) in [7, 11) is 0. The van der Waals surface area contributed by atoms with Crippen LogP contribution in [-0.4, -0.2) is 37.0 Å². The van der Waals surface area contributed by atoms with E-state index in [9.17, 15) is 9.90 Å². The molecule has 5 heteroatoms. The molecule has 0 saturated heterocycles. The van der Waals surface area contributed by atoms with E-state index in [4.69, 9.17) is 14.2 Å². The van der Waals surface area contributed by atoms with E-state index in [1.165, 1.54) is 19.1 Å². The maximum Gasteiger partial charge on any atom is 0.191 e. The fraction of sp³-hybridized carbons (Fsp3) is 0.500. The summed E-state index contributed by atoms with van der Waals surface area (Å²) in [4.78, 5) is 11.2. The molecule has 5 nitrogen and oxygen atoms in total. The van der Waals surface area contributed by atoms with Crippen molar-refractivity contribution in [2.24, 2.45) is 0 Å². The molecule has 0 saturated carbocycles. The van der Waals surface area contributed by atoms with Gasteiger partial charge in [-0.1, -0.05) is 0 Å². The number of aromatic hydroxyl groups is 1. The molecule has 0 unspecified atom stereocenters. The van der Waals surface area contributed by atoms with Crippen LogP contribution in [0.5, 0.6) is 11.5 Å². The highest BCUT2D eigenvalue weighted by atomic mass is 16.7. The number of phenolic OH excluding ortho intramolecular Hbond substituents is 1. The molecular weight excluding hydrogens is 248 g/mol. The molecule has 1 aromatic carbocycles. The molecule has 1 rings (SSSR count). The van der Waals surface area contributed by atoms with Crippen LogP contribution in [0.15, 0.2) is 18.2 Å². The highest BCUT2D eigenvalue weighted by molar-refractivity contribution is 5.96. The predicted molar refractivity (Wildman–Crippen MR) is 70.6 cm³/mol. The minimum absolute atomic E-state index is 0.0885. The van der Waals surface area contributed by atoms with Crippen LogP contribution in [0, 0.1) is 0 Å². The van der Waals surface area contributed by atoms with Gasteiger partial charge in [-0.15, -0.1) is 0 Å². The lowest BCUT2D eigenvalue weighted by Gasteiger charge is -2.17. The van der Waals surface area contributed by atoms with E-state index in [0.29, 0.717) is 19.0 Å². The van der Waals surface area contributed by atoms with E-state index < -0.39 is 6.29 Å². The van der Waals surface area contributed by atoms with Crippen LogP contribution < -0.4 is 4.74 Å². The molecule has 106 valence electrons. The molecule has 0 fully saturated rings. The minimum atomic E-state index is -0.440. The van der Waals surface area contributed by atoms with E-state index >= 15 is 0 Å². The molecule has 0 aliphatic heterocycles. The Bertz CT molecular complexity index is 410. The number of phenols is 1. The van der Waals surface area contributed by atoms with Crippen molar-refractivity contribution in [3.05, 3.63) is 23.8 Å². The Labute approximate surface area is 113 Å². The van der Waals surface area contributed by atoms with Crippen molar-refractivity contribution in [2.75, 3.05) is 19.8 Å². The topological polar surface area (TPSA) is 65.0 Å². The zero-order valence-electron chi connectivity index (χ0n) is 11.5. The summed E-state index contributed by atoms with van der Waals surface area (Å²) >= 11 is 0. The second-order valence-corrected chi connectivity index (χ2v) is 3.89. The zero-order chi connectivity index (χ0) is 14.3. The molecule has 1 aromatic rings. The monoisotopic (exact) mass is 268 g/mol. The lowest BCUT2D eigenvalue weighted by Crippen LogP contribution is -2.25. The lowest BCUT2D eigenvalue weighted by molar-refractivity contribution is -0.152. The molecule has 1 N–H and O–H groups in total. The number of Topliss-reactive ketones (excluding diaryl/α,β-unsaturated/α-hetero) is 1. The molecule has 0 spiro atoms. The van der Waals surface area contributed by atoms with Gasteiger partial charge in [-0.25, -0.2) is 0 Å². The van der Waals surface area contributed by atoms with Crippen LogP contribution in [0.1, 0.15) is 31.1 Å². The SMILES string of the molecule is CCOC(COc1ccc(C(C)=O)c(O)c1)OCC. The van der Waals surface area contributed by atoms with Gasteiger partial charge in [0.15, 0.2) is 12.1 Å². The van der Waals surface area contributed by atoms with Gasteiger partial charge in [-0.3, -0.25) is 4.79 Å². The second-order valence-electron chi connectivity index (χ2n) is 3.89. The van der Waals surface area contributed by atoms with Crippen molar-refractivity contribution in [3.63, 3.8) is 0 Å². The van der Waals surface area contributed by atoms with Crippen molar-refractivity contribution in [1.29, 1.82) is 0 Å². The van der Waals surface area contributed by atoms with E-state index in [-0.39, 0.29) is 23.7 Å². The molecule has 0 aromatic heterocycles. The summed E-state index contributed by atoms with van der Waals surface area (Å²) < 4.78 is 16.1. The highest BCUT2D eigenvalue weighted by Gasteiger charge is 2.11. The Kier molecular flexibility index (Phi) is 6.32. The van der Waals surface area contributed by atoms with Crippen molar-refractivity contribution in [2.45, 2.75) is 27.1 Å². The first-order valence-electron chi connectivity index (χ1n) is 6.28. The van der Waals surface area contributed by atoms with Crippen molar-refractivity contribution < 1.29 is 24.1 Å². The Morgan fingerprint density at radius 1 is 1.26 bits per heavy atom. The Morgan fingerprint density at radius 2 is 1.89 bits per heavy atom. The average Bonchev–Trinajstić information content (AvgIpc) is 2.36. The Balaban J connectivity index is 2.62. The Hall–Kier alpha value is -1.59. The van der Waals surface area contributed by atoms with Gasteiger partial charge >= 0.3 is 0 Å². The number of ketones is 1. The predicted octanol–water partition coefficient (Wildman–Crippen LogP) is 2.37. The molecule has 0 aliphatic carbocycles. The maximum absolute atomic E-state index is 11.2. The number of hydrogen-bond donors (Lipinski definition) is 1. The molecule has 19 heavy (non-hydrogen) atoms. The number of hydrogen-bond acceptors (Lipinski definition) is 5. The highest BCUT2D eigenvalue weighted by Crippen LogP contribution is 2.24. The molecule has 0 bridgehead atoms. The van der Waals surface area contributed by atoms with Crippen molar-refractivity contribution in [1.82, 2.24) is 0 Å². The first-order chi connectivity index (χ1) is 9.08. The summed E-state index contributed by atoms with van der Waals surface area (Å²) in [5.41, 5.74) is 0.276. The summed E-state index contributed by atoms with van der Waals surface area (Å²) in [6.45, 7) is 6.43. The second kappa shape index (κ2) is 7.76. The van der Waals surface area contributed by atoms with Gasteiger partial charge in [0.25, 0.3) is 0 Å². The summed E-state index contributed by atoms with van der Waals surface area (Å²) in [6, 6.07) is 4.57. The van der Waals surface area contributed by atoms with Crippen LogP contribution >= 0.6 is 0 Å². The summed E-state index contributed by atoms with van der Waals surface area (Å²) in [5, 5.41) is 9.67. The first kappa shape index (κ1) is 15.5. The third-order valence-electron chi connectivity index (χ3n) is 2.44. The Morgan fingerprint density at radius 3 is 2.37 bits per heavy atom. The van der Waals surface area contributed by atoms with Crippen LogP contribution in [-0.2, 0) is 9.47 Å². The maximum atomic E-state index is 11.2. The van der Waals surface area contributed by atoms with Crippen LogP contribution in [0.2, 0.25) is 0 Å². The van der Waals surface area contributed by atoms with Gasteiger partial charge in [0.05, 0.1) is 5.56 Å². The number of ether oxygens (including phenoxy) is 3. The summed E-state index contributed by atoms with van der Waals surface area (Å²) in [6.07, 6.45) is -0.440. The smallest absolute Gasteiger partial charge is 0.191 e. The van der Waals surface area contributed by atoms with Gasteiger partial charge < -0.3 is 19.3 Å². The molecule has 0 atom stereocenters. The standard InChI is InChI=1S/C14H20O5/c1-4-17-14(18-5-2)9-19-11-6-7-12(10(3)15)13(16)8-11/h6-8,14,16H,4-5,9H2,1-3H3. The first-order valence-corrected chi connectivity index (χ1v) is 6.28. The van der Waals surface area contributed by atoms with Crippen LogP contribution in [0.3, 0.4) is 0 Å². The van der Waals surface area contributed by atoms with E-state index in [1.54, 1.807) is 6.07 Å². The molecule has 0 heterocycles. The van der Waals surface area contributed by atoms with Crippen molar-refractivity contribution >= 4 is 5.78 Å². The number of rotatable bonds is 8. The fourth-order valence-electron chi connectivity index (χ4n) is 1.58. The third-order valence-corrected chi connectivity index (χ3v) is 2.44. The molecule has 0 amide bonds. The zero-order valence-corrected chi connectivity index (χ0v) is 11.5. The van der Waals surface area contributed by atoms with Crippen molar-refractivity contribution in [3.8, 4) is 11.5 Å². The molecule has 0 radical (unpaired) electrons. The summed E-state index contributed by atoms with van der Waals surface area (Å²) in [5.74, 6) is 0.187. The number of benzene rings is 1. The largest absolute Gasteiger partial charge is 0.507 e. The normalized spacial score (nSPS) is 10.7. The molecular formula is C14H20O5. The van der Waals surface area contributed by atoms with Crippen LogP contribution in [0.25, 0.3) is 0 Å². The van der Waals surface area contributed by atoms with E-state index in [1.807, 2.05) is 13.8 Å². The van der Waals surface area contributed by atoms with Gasteiger partial charge in [0.2, 0.25) is 0 Å². The number of carbonyl (C=O) groups is 1. The number of carbonyl (C=O) groups excluding carboxylic acids is 1. The quantitative estimate of drug-likeness (QED) is 0.579. The van der Waals surface area contributed by atoms with Crippen LogP contribution in [0.4, 0.5) is 0 Å². The van der Waals surface area contributed by atoms with Gasteiger partial charge in [0.1, 0.15) is 18.1 Å². The van der Waals surface area contributed by atoms with E-state index in [0.717, 1.165) is 0 Å². The lowest BCUT2D eigenvalue weighted by atomic mass is 10.1. The van der Waals surface area contributed by atoms with Gasteiger partial charge in [-0.2, -0.15) is 0 Å². The minimum Gasteiger partial charge on any atom is -0.507 e. The third kappa shape index (κ3) is 4.89. The van der Waals surface area contributed by atoms with Gasteiger partial charge in [-0.05, 0) is 32.9 Å². The average molecular weight is 268 g/mol. The van der Waals surface area contributed by atoms with E-state index in [2.05, 4.69) is 0 Å². The fourth-order valence-corrected chi connectivity index (χ4v) is 1.58. The molecule has 0 aliphatic rings. The van der Waals surface area contributed by atoms with Gasteiger partial charge in [0, 0.05) is 19.3 Å².